The number of benzene rings is 1. The molecule has 0 radical (unpaired) electrons. The average molecular weight is 274 g/mol. The van der Waals surface area contributed by atoms with E-state index in [1.54, 1.807) is 6.07 Å². The van der Waals surface area contributed by atoms with Crippen LogP contribution in [0.1, 0.15) is 33.3 Å². The van der Waals surface area contributed by atoms with Crippen molar-refractivity contribution in [3.63, 3.8) is 0 Å². The van der Waals surface area contributed by atoms with E-state index < -0.39 is 0 Å². The Bertz CT molecular complexity index is 694. The van der Waals surface area contributed by atoms with Crippen LogP contribution in [0.15, 0.2) is 30.1 Å². The van der Waals surface area contributed by atoms with Crippen LogP contribution in [-0.4, -0.2) is 11.2 Å². The van der Waals surface area contributed by atoms with Gasteiger partial charge in [0, 0.05) is 28.1 Å². The number of hydrogen-bond acceptors (Lipinski definition) is 2. The maximum absolute atomic E-state index is 13.5. The second kappa shape index (κ2) is 4.27. The van der Waals surface area contributed by atoms with Gasteiger partial charge in [0.1, 0.15) is 11.6 Å². The second-order valence-corrected chi connectivity index (χ2v) is 6.35. The fourth-order valence-electron chi connectivity index (χ4n) is 2.44. The number of aromatic nitrogens is 1. The first-order chi connectivity index (χ1) is 9.36. The third-order valence-electron chi connectivity index (χ3n) is 3.60. The largest absolute Gasteiger partial charge is 0.468 e. The Morgan fingerprint density at radius 1 is 1.25 bits per heavy atom. The number of H-pyrrole nitrogens is 1. The van der Waals surface area contributed by atoms with Crippen LogP contribution < -0.4 is 5.32 Å². The van der Waals surface area contributed by atoms with Gasteiger partial charge in [0.05, 0.1) is 5.70 Å². The molecule has 1 aliphatic heterocycles. The Balaban J connectivity index is 2.04. The minimum atomic E-state index is -0.241. The SMILES string of the molecule is CC1=C(c2c[nH]c3ccc(F)cc23)OC(C(C)(C)C)N1. The van der Waals surface area contributed by atoms with Crippen molar-refractivity contribution < 1.29 is 9.13 Å². The van der Waals surface area contributed by atoms with E-state index in [2.05, 4.69) is 31.1 Å². The Morgan fingerprint density at radius 3 is 2.65 bits per heavy atom. The summed E-state index contributed by atoms with van der Waals surface area (Å²) in [6.07, 6.45) is 1.80. The average Bonchev–Trinajstić information content (AvgIpc) is 2.91. The Morgan fingerprint density at radius 2 is 2.00 bits per heavy atom. The number of rotatable bonds is 1. The molecule has 0 saturated carbocycles. The molecule has 0 amide bonds. The van der Waals surface area contributed by atoms with Gasteiger partial charge in [-0.3, -0.25) is 0 Å². The summed E-state index contributed by atoms with van der Waals surface area (Å²) in [7, 11) is 0. The molecule has 1 atom stereocenters. The molecule has 0 aliphatic carbocycles. The summed E-state index contributed by atoms with van der Waals surface area (Å²) in [6, 6.07) is 4.73. The third-order valence-corrected chi connectivity index (χ3v) is 3.60. The molecule has 0 saturated heterocycles. The summed E-state index contributed by atoms with van der Waals surface area (Å²) in [4.78, 5) is 3.16. The van der Waals surface area contributed by atoms with Gasteiger partial charge in [-0.15, -0.1) is 0 Å². The molecule has 0 fully saturated rings. The maximum Gasteiger partial charge on any atom is 0.174 e. The number of fused-ring (bicyclic) bond motifs is 1. The predicted octanol–water partition coefficient (Wildman–Crippen LogP) is 3.99. The Hall–Kier alpha value is -1.97. The van der Waals surface area contributed by atoms with Gasteiger partial charge in [0.15, 0.2) is 6.23 Å². The monoisotopic (exact) mass is 274 g/mol. The molecule has 2 aromatic rings. The molecule has 106 valence electrons. The van der Waals surface area contributed by atoms with Crippen LogP contribution in [0.4, 0.5) is 4.39 Å². The summed E-state index contributed by atoms with van der Waals surface area (Å²) in [6.45, 7) is 8.35. The molecular formula is C16H19FN2O. The molecule has 20 heavy (non-hydrogen) atoms. The highest BCUT2D eigenvalue weighted by molar-refractivity contribution is 5.92. The normalized spacial score (nSPS) is 19.4. The van der Waals surface area contributed by atoms with Gasteiger partial charge < -0.3 is 15.0 Å². The van der Waals surface area contributed by atoms with Crippen molar-refractivity contribution in [1.82, 2.24) is 10.3 Å². The molecule has 4 heteroatoms. The molecule has 1 aromatic heterocycles. The van der Waals surface area contributed by atoms with Gasteiger partial charge in [-0.25, -0.2) is 4.39 Å². The number of halogens is 1. The number of allylic oxidation sites excluding steroid dienone is 1. The predicted molar refractivity (Wildman–Crippen MR) is 78.3 cm³/mol. The van der Waals surface area contributed by atoms with E-state index in [0.29, 0.717) is 0 Å². The molecule has 1 unspecified atom stereocenters. The standard InChI is InChI=1S/C16H19FN2O/c1-9-14(20-15(19-9)16(2,3)4)12-8-18-13-6-5-10(17)7-11(12)13/h5-8,15,18-19H,1-4H3. The van der Waals surface area contributed by atoms with E-state index in [4.69, 9.17) is 4.74 Å². The molecule has 2 heterocycles. The van der Waals surface area contributed by atoms with Crippen LogP contribution >= 0.6 is 0 Å². The Labute approximate surface area is 117 Å². The first kappa shape index (κ1) is 13.0. The number of nitrogens with one attached hydrogen (secondary N) is 2. The zero-order valence-electron chi connectivity index (χ0n) is 12.2. The van der Waals surface area contributed by atoms with E-state index in [0.717, 1.165) is 27.9 Å². The lowest BCUT2D eigenvalue weighted by Gasteiger charge is -2.27. The molecule has 1 aromatic carbocycles. The highest BCUT2D eigenvalue weighted by Gasteiger charge is 2.33. The van der Waals surface area contributed by atoms with Crippen molar-refractivity contribution in [2.75, 3.05) is 0 Å². The molecule has 3 nitrogen and oxygen atoms in total. The lowest BCUT2D eigenvalue weighted by molar-refractivity contribution is 0.0613. The highest BCUT2D eigenvalue weighted by Crippen LogP contribution is 2.36. The molecule has 2 N–H and O–H groups in total. The zero-order chi connectivity index (χ0) is 14.5. The van der Waals surface area contributed by atoms with E-state index in [9.17, 15) is 4.39 Å². The van der Waals surface area contributed by atoms with E-state index in [-0.39, 0.29) is 17.5 Å². The summed E-state index contributed by atoms with van der Waals surface area (Å²) >= 11 is 0. The van der Waals surface area contributed by atoms with Crippen molar-refractivity contribution in [2.45, 2.75) is 33.9 Å². The van der Waals surface area contributed by atoms with Crippen molar-refractivity contribution >= 4 is 16.7 Å². The molecule has 0 bridgehead atoms. The van der Waals surface area contributed by atoms with Crippen molar-refractivity contribution in [3.05, 3.63) is 41.5 Å². The van der Waals surface area contributed by atoms with Gasteiger partial charge in [-0.2, -0.15) is 0 Å². The summed E-state index contributed by atoms with van der Waals surface area (Å²) < 4.78 is 19.5. The second-order valence-electron chi connectivity index (χ2n) is 6.35. The fourth-order valence-corrected chi connectivity index (χ4v) is 2.44. The zero-order valence-corrected chi connectivity index (χ0v) is 12.2. The lowest BCUT2D eigenvalue weighted by Crippen LogP contribution is -2.36. The van der Waals surface area contributed by atoms with Crippen LogP contribution in [0.5, 0.6) is 0 Å². The molecule has 0 spiro atoms. The van der Waals surface area contributed by atoms with Gasteiger partial charge in [0.25, 0.3) is 0 Å². The molecule has 3 rings (SSSR count). The van der Waals surface area contributed by atoms with Crippen LogP contribution in [0.3, 0.4) is 0 Å². The highest BCUT2D eigenvalue weighted by atomic mass is 19.1. The van der Waals surface area contributed by atoms with Crippen molar-refractivity contribution in [2.24, 2.45) is 5.41 Å². The topological polar surface area (TPSA) is 37.0 Å². The third kappa shape index (κ3) is 2.05. The van der Waals surface area contributed by atoms with Crippen LogP contribution in [0, 0.1) is 11.2 Å². The van der Waals surface area contributed by atoms with E-state index in [1.165, 1.54) is 12.1 Å². The first-order valence-electron chi connectivity index (χ1n) is 6.77. The number of aromatic amines is 1. The summed E-state index contributed by atoms with van der Waals surface area (Å²) in [5.74, 6) is 0.553. The van der Waals surface area contributed by atoms with Crippen LogP contribution in [-0.2, 0) is 4.74 Å². The lowest BCUT2D eigenvalue weighted by atomic mass is 9.94. The van der Waals surface area contributed by atoms with Gasteiger partial charge >= 0.3 is 0 Å². The van der Waals surface area contributed by atoms with E-state index >= 15 is 0 Å². The molecular weight excluding hydrogens is 255 g/mol. The van der Waals surface area contributed by atoms with Gasteiger partial charge in [0.2, 0.25) is 0 Å². The van der Waals surface area contributed by atoms with Crippen molar-refractivity contribution in [1.29, 1.82) is 0 Å². The first-order valence-corrected chi connectivity index (χ1v) is 6.77. The Kier molecular flexibility index (Phi) is 2.78. The number of ether oxygens (including phenoxy) is 1. The minimum absolute atomic E-state index is 0.0135. The van der Waals surface area contributed by atoms with Gasteiger partial charge in [-0.1, -0.05) is 20.8 Å². The fraction of sp³-hybridized carbons (Fsp3) is 0.375. The smallest absolute Gasteiger partial charge is 0.174 e. The van der Waals surface area contributed by atoms with E-state index in [1.807, 2.05) is 13.1 Å². The maximum atomic E-state index is 13.5. The summed E-state index contributed by atoms with van der Waals surface area (Å²) in [5.41, 5.74) is 2.77. The van der Waals surface area contributed by atoms with Crippen molar-refractivity contribution in [3.8, 4) is 0 Å². The molecule has 1 aliphatic rings. The quantitative estimate of drug-likeness (QED) is 0.825. The van der Waals surface area contributed by atoms with Crippen LogP contribution in [0.25, 0.3) is 16.7 Å². The minimum Gasteiger partial charge on any atom is -0.468 e. The summed E-state index contributed by atoms with van der Waals surface area (Å²) in [5, 5.41) is 4.20. The van der Waals surface area contributed by atoms with Gasteiger partial charge in [-0.05, 0) is 25.1 Å². The van der Waals surface area contributed by atoms with Crippen LogP contribution in [0.2, 0.25) is 0 Å². The number of hydrogen-bond donors (Lipinski definition) is 2.